The third-order valence-electron chi connectivity index (χ3n) is 3.19. The third-order valence-corrected chi connectivity index (χ3v) is 3.19. The van der Waals surface area contributed by atoms with Crippen molar-refractivity contribution in [3.8, 4) is 17.6 Å². The molecule has 4 heteroatoms. The molecule has 18 heavy (non-hydrogen) atoms. The van der Waals surface area contributed by atoms with Gasteiger partial charge in [-0.3, -0.25) is 4.79 Å². The van der Waals surface area contributed by atoms with E-state index in [4.69, 9.17) is 14.7 Å². The molecule has 0 aromatic heterocycles. The van der Waals surface area contributed by atoms with E-state index in [2.05, 4.69) is 0 Å². The van der Waals surface area contributed by atoms with E-state index < -0.39 is 0 Å². The summed E-state index contributed by atoms with van der Waals surface area (Å²) in [5.74, 6) is 0.606. The maximum Gasteiger partial charge on any atom is 0.314 e. The van der Waals surface area contributed by atoms with E-state index in [0.717, 1.165) is 25.7 Å². The summed E-state index contributed by atoms with van der Waals surface area (Å²) in [6, 6.07) is 6.80. The molecule has 0 radical (unpaired) electrons. The Morgan fingerprint density at radius 2 is 2.06 bits per heavy atom. The lowest BCUT2D eigenvalue weighted by molar-refractivity contribution is -0.138. The summed E-state index contributed by atoms with van der Waals surface area (Å²) in [5.41, 5.74) is 0.479. The van der Waals surface area contributed by atoms with Gasteiger partial charge in [-0.2, -0.15) is 5.26 Å². The second-order valence-corrected chi connectivity index (χ2v) is 4.38. The molecule has 0 N–H and O–H groups in total. The van der Waals surface area contributed by atoms with Crippen LogP contribution >= 0.6 is 0 Å². The van der Waals surface area contributed by atoms with Gasteiger partial charge in [0.1, 0.15) is 0 Å². The molecule has 0 spiro atoms. The number of hydrogen-bond donors (Lipinski definition) is 0. The Labute approximate surface area is 106 Å². The number of hydrogen-bond acceptors (Lipinski definition) is 4. The first kappa shape index (κ1) is 12.4. The van der Waals surface area contributed by atoms with Gasteiger partial charge in [-0.25, -0.2) is 0 Å². The van der Waals surface area contributed by atoms with Gasteiger partial charge in [-0.1, -0.05) is 12.8 Å². The van der Waals surface area contributed by atoms with E-state index in [0.29, 0.717) is 17.1 Å². The maximum atomic E-state index is 11.9. The van der Waals surface area contributed by atoms with E-state index in [9.17, 15) is 4.79 Å². The highest BCUT2D eigenvalue weighted by Crippen LogP contribution is 2.31. The Hall–Kier alpha value is -2.02. The predicted molar refractivity (Wildman–Crippen MR) is 65.3 cm³/mol. The number of rotatable bonds is 3. The van der Waals surface area contributed by atoms with Crippen LogP contribution < -0.4 is 9.47 Å². The average Bonchev–Trinajstić information content (AvgIpc) is 2.93. The van der Waals surface area contributed by atoms with Gasteiger partial charge < -0.3 is 9.47 Å². The quantitative estimate of drug-likeness (QED) is 0.606. The third kappa shape index (κ3) is 2.62. The van der Waals surface area contributed by atoms with E-state index >= 15 is 0 Å². The van der Waals surface area contributed by atoms with E-state index in [-0.39, 0.29) is 11.9 Å². The zero-order valence-electron chi connectivity index (χ0n) is 10.3. The molecule has 1 aromatic rings. The number of benzene rings is 1. The Morgan fingerprint density at radius 3 is 2.67 bits per heavy atom. The molecule has 94 valence electrons. The topological polar surface area (TPSA) is 59.3 Å². The minimum Gasteiger partial charge on any atom is -0.493 e. The number of carbonyl (C=O) groups excluding carboxylic acids is 1. The predicted octanol–water partition coefficient (Wildman–Crippen LogP) is 2.66. The first-order chi connectivity index (χ1) is 8.74. The standard InChI is InChI=1S/C14H15NO3/c1-17-13-8-10(9-15)6-7-12(13)18-14(16)11-4-2-3-5-11/h6-8,11H,2-5H2,1H3. The van der Waals surface area contributed by atoms with Crippen LogP contribution in [-0.4, -0.2) is 13.1 Å². The van der Waals surface area contributed by atoms with Crippen molar-refractivity contribution in [3.05, 3.63) is 23.8 Å². The van der Waals surface area contributed by atoms with Crippen molar-refractivity contribution in [1.82, 2.24) is 0 Å². The molecule has 1 saturated carbocycles. The molecule has 1 fully saturated rings. The van der Waals surface area contributed by atoms with Crippen LogP contribution in [0.5, 0.6) is 11.5 Å². The molecule has 0 saturated heterocycles. The van der Waals surface area contributed by atoms with Gasteiger partial charge in [0.05, 0.1) is 24.7 Å². The lowest BCUT2D eigenvalue weighted by atomic mass is 10.1. The van der Waals surface area contributed by atoms with Crippen LogP contribution in [0.1, 0.15) is 31.2 Å². The van der Waals surface area contributed by atoms with Gasteiger partial charge in [0.15, 0.2) is 11.5 Å². The fourth-order valence-electron chi connectivity index (χ4n) is 2.17. The monoisotopic (exact) mass is 245 g/mol. The van der Waals surface area contributed by atoms with Crippen LogP contribution in [0.2, 0.25) is 0 Å². The Bertz CT molecular complexity index is 484. The van der Waals surface area contributed by atoms with Crippen LogP contribution in [0.3, 0.4) is 0 Å². The molecule has 0 amide bonds. The van der Waals surface area contributed by atoms with Gasteiger partial charge in [-0.15, -0.1) is 0 Å². The van der Waals surface area contributed by atoms with Crippen LogP contribution in [0.4, 0.5) is 0 Å². The van der Waals surface area contributed by atoms with E-state index in [1.165, 1.54) is 7.11 Å². The van der Waals surface area contributed by atoms with Crippen molar-refractivity contribution in [2.75, 3.05) is 7.11 Å². The summed E-state index contributed by atoms with van der Waals surface area (Å²) in [6.45, 7) is 0. The first-order valence-corrected chi connectivity index (χ1v) is 6.04. The molecule has 0 bridgehead atoms. The molecule has 1 aliphatic rings. The van der Waals surface area contributed by atoms with Crippen LogP contribution in [-0.2, 0) is 4.79 Å². The second-order valence-electron chi connectivity index (χ2n) is 4.38. The van der Waals surface area contributed by atoms with Gasteiger partial charge >= 0.3 is 5.97 Å². The number of methoxy groups -OCH3 is 1. The van der Waals surface area contributed by atoms with Crippen LogP contribution in [0.25, 0.3) is 0 Å². The van der Waals surface area contributed by atoms with Crippen molar-refractivity contribution in [2.24, 2.45) is 5.92 Å². The van der Waals surface area contributed by atoms with Crippen LogP contribution in [0.15, 0.2) is 18.2 Å². The van der Waals surface area contributed by atoms with Gasteiger partial charge in [-0.05, 0) is 25.0 Å². The SMILES string of the molecule is COc1cc(C#N)ccc1OC(=O)C1CCCC1. The molecule has 0 unspecified atom stereocenters. The highest BCUT2D eigenvalue weighted by Gasteiger charge is 2.25. The largest absolute Gasteiger partial charge is 0.493 e. The van der Waals surface area contributed by atoms with Crippen molar-refractivity contribution in [1.29, 1.82) is 5.26 Å². The molecule has 0 atom stereocenters. The Balaban J connectivity index is 2.13. The Morgan fingerprint density at radius 1 is 1.33 bits per heavy atom. The number of esters is 1. The highest BCUT2D eigenvalue weighted by molar-refractivity contribution is 5.76. The second kappa shape index (κ2) is 5.54. The molecule has 0 heterocycles. The molecule has 1 aromatic carbocycles. The average molecular weight is 245 g/mol. The van der Waals surface area contributed by atoms with E-state index in [1.807, 2.05) is 6.07 Å². The van der Waals surface area contributed by atoms with E-state index in [1.54, 1.807) is 18.2 Å². The summed E-state index contributed by atoms with van der Waals surface area (Å²) < 4.78 is 10.5. The van der Waals surface area contributed by atoms with Gasteiger partial charge in [0.25, 0.3) is 0 Å². The van der Waals surface area contributed by atoms with Crippen molar-refractivity contribution >= 4 is 5.97 Å². The zero-order chi connectivity index (χ0) is 13.0. The molecule has 0 aliphatic heterocycles. The molecule has 2 rings (SSSR count). The number of carbonyl (C=O) groups is 1. The summed E-state index contributed by atoms with van der Waals surface area (Å²) >= 11 is 0. The molecule has 4 nitrogen and oxygen atoms in total. The number of nitriles is 1. The molecular formula is C14H15NO3. The lowest BCUT2D eigenvalue weighted by Gasteiger charge is -2.12. The van der Waals surface area contributed by atoms with Gasteiger partial charge in [0.2, 0.25) is 0 Å². The first-order valence-electron chi connectivity index (χ1n) is 6.04. The summed E-state index contributed by atoms with van der Waals surface area (Å²) in [7, 11) is 1.49. The minimum atomic E-state index is -0.199. The Kier molecular flexibility index (Phi) is 3.83. The number of nitrogens with zero attached hydrogens (tertiary/aromatic N) is 1. The molecular weight excluding hydrogens is 230 g/mol. The maximum absolute atomic E-state index is 11.9. The fourth-order valence-corrected chi connectivity index (χ4v) is 2.17. The normalized spacial score (nSPS) is 15.1. The summed E-state index contributed by atoms with van der Waals surface area (Å²) in [6.07, 6.45) is 3.98. The zero-order valence-corrected chi connectivity index (χ0v) is 10.3. The van der Waals surface area contributed by atoms with Crippen LogP contribution in [0, 0.1) is 17.2 Å². The summed E-state index contributed by atoms with van der Waals surface area (Å²) in [5, 5.41) is 8.79. The van der Waals surface area contributed by atoms with Crippen molar-refractivity contribution < 1.29 is 14.3 Å². The number of ether oxygens (including phenoxy) is 2. The minimum absolute atomic E-state index is 0.00495. The van der Waals surface area contributed by atoms with Crippen molar-refractivity contribution in [2.45, 2.75) is 25.7 Å². The lowest BCUT2D eigenvalue weighted by Crippen LogP contribution is -2.18. The van der Waals surface area contributed by atoms with Crippen molar-refractivity contribution in [3.63, 3.8) is 0 Å². The smallest absolute Gasteiger partial charge is 0.314 e. The fraction of sp³-hybridized carbons (Fsp3) is 0.429. The van der Waals surface area contributed by atoms with Gasteiger partial charge in [0, 0.05) is 6.07 Å². The summed E-state index contributed by atoms with van der Waals surface area (Å²) in [4.78, 5) is 11.9. The molecule has 1 aliphatic carbocycles. The highest BCUT2D eigenvalue weighted by atomic mass is 16.6.